The second-order valence-electron chi connectivity index (χ2n) is 4.76. The second kappa shape index (κ2) is 3.39. The Morgan fingerprint density at radius 3 is 3.06 bits per heavy atom. The van der Waals surface area contributed by atoms with Crippen LogP contribution in [0.1, 0.15) is 23.3 Å². The zero-order chi connectivity index (χ0) is 12.3. The maximum Gasteiger partial charge on any atom is 0.261 e. The normalized spacial score (nSPS) is 17.9. The van der Waals surface area contributed by atoms with Crippen LogP contribution < -0.4 is 5.32 Å². The molecule has 4 rings (SSSR count). The highest BCUT2D eigenvalue weighted by Gasteiger charge is 2.32. The highest BCUT2D eigenvalue weighted by atomic mass is 35.5. The topological polar surface area (TPSA) is 34.0 Å². The Bertz CT molecular complexity index is 727. The number of carbonyl (C=O) groups is 1. The standard InChI is InChI=1S/C14H11ClN2O/c15-9-3-4-11-8(6-9)7-12-13-10(2-1-5-16-13)14(18)17(11)12/h3-4,6-7,16H,1-2,5H2. The van der Waals surface area contributed by atoms with Gasteiger partial charge in [0.05, 0.1) is 16.9 Å². The Hall–Kier alpha value is -1.74. The summed E-state index contributed by atoms with van der Waals surface area (Å²) in [5, 5.41) is 5.07. The summed E-state index contributed by atoms with van der Waals surface area (Å²) in [6.07, 6.45) is 1.90. The molecule has 0 unspecified atom stereocenters. The van der Waals surface area contributed by atoms with Gasteiger partial charge in [-0.1, -0.05) is 11.6 Å². The number of halogens is 1. The lowest BCUT2D eigenvalue weighted by atomic mass is 10.0. The van der Waals surface area contributed by atoms with Crippen LogP contribution in [-0.2, 0) is 0 Å². The van der Waals surface area contributed by atoms with E-state index in [1.807, 2.05) is 24.3 Å². The van der Waals surface area contributed by atoms with Gasteiger partial charge in [-0.25, -0.2) is 0 Å². The average Bonchev–Trinajstić information content (AvgIpc) is 2.87. The number of nitrogens with zero attached hydrogens (tertiary/aromatic N) is 1. The fourth-order valence-corrected chi connectivity index (χ4v) is 3.07. The first-order valence-electron chi connectivity index (χ1n) is 6.09. The van der Waals surface area contributed by atoms with E-state index in [1.54, 1.807) is 4.57 Å². The predicted molar refractivity (Wildman–Crippen MR) is 71.7 cm³/mol. The Morgan fingerprint density at radius 2 is 2.17 bits per heavy atom. The van der Waals surface area contributed by atoms with Crippen LogP contribution in [0.25, 0.3) is 16.6 Å². The molecule has 1 aromatic carbocycles. The van der Waals surface area contributed by atoms with E-state index in [9.17, 15) is 4.79 Å². The number of aromatic nitrogens is 1. The van der Waals surface area contributed by atoms with E-state index in [1.165, 1.54) is 0 Å². The van der Waals surface area contributed by atoms with E-state index in [0.29, 0.717) is 5.02 Å². The zero-order valence-corrected chi connectivity index (χ0v) is 10.4. The lowest BCUT2D eigenvalue weighted by molar-refractivity contribution is 0.0962. The van der Waals surface area contributed by atoms with Crippen LogP contribution in [0, 0.1) is 0 Å². The molecule has 0 saturated heterocycles. The molecule has 2 aliphatic rings. The number of rotatable bonds is 0. The molecule has 1 N–H and O–H groups in total. The molecule has 0 bridgehead atoms. The smallest absolute Gasteiger partial charge is 0.261 e. The minimum Gasteiger partial charge on any atom is -0.383 e. The van der Waals surface area contributed by atoms with E-state index in [-0.39, 0.29) is 5.91 Å². The molecule has 2 aliphatic heterocycles. The Labute approximate surface area is 109 Å². The number of hydrogen-bond donors (Lipinski definition) is 1. The summed E-state index contributed by atoms with van der Waals surface area (Å²) in [7, 11) is 0. The van der Waals surface area contributed by atoms with Gasteiger partial charge in [-0.05, 0) is 37.1 Å². The highest BCUT2D eigenvalue weighted by Crippen LogP contribution is 2.36. The Morgan fingerprint density at radius 1 is 1.28 bits per heavy atom. The molecule has 4 heteroatoms. The van der Waals surface area contributed by atoms with Crippen molar-refractivity contribution in [2.45, 2.75) is 12.8 Å². The third-order valence-corrected chi connectivity index (χ3v) is 3.92. The first-order chi connectivity index (χ1) is 8.75. The summed E-state index contributed by atoms with van der Waals surface area (Å²) in [4.78, 5) is 12.4. The van der Waals surface area contributed by atoms with Crippen LogP contribution in [0.3, 0.4) is 0 Å². The number of benzene rings is 1. The number of allylic oxidation sites excluding steroid dienone is 1. The fraction of sp³-hybridized carbons (Fsp3) is 0.214. The van der Waals surface area contributed by atoms with Crippen molar-refractivity contribution in [3.05, 3.63) is 40.6 Å². The lowest BCUT2D eigenvalue weighted by Gasteiger charge is -2.14. The summed E-state index contributed by atoms with van der Waals surface area (Å²) in [5.41, 5.74) is 3.86. The minimum atomic E-state index is 0.115. The largest absolute Gasteiger partial charge is 0.383 e. The summed E-state index contributed by atoms with van der Waals surface area (Å²) in [5.74, 6) is 0.115. The van der Waals surface area contributed by atoms with Crippen LogP contribution >= 0.6 is 11.6 Å². The van der Waals surface area contributed by atoms with Gasteiger partial charge in [-0.2, -0.15) is 0 Å². The van der Waals surface area contributed by atoms with Crippen molar-refractivity contribution in [2.75, 3.05) is 6.54 Å². The number of hydrogen-bond acceptors (Lipinski definition) is 2. The molecule has 3 nitrogen and oxygen atoms in total. The van der Waals surface area contributed by atoms with Gasteiger partial charge in [0.15, 0.2) is 0 Å². The molecule has 0 saturated carbocycles. The molecular formula is C14H11ClN2O. The molecule has 0 spiro atoms. The molecule has 90 valence electrons. The van der Waals surface area contributed by atoms with Crippen LogP contribution in [0.2, 0.25) is 5.02 Å². The average molecular weight is 259 g/mol. The maximum atomic E-state index is 12.4. The van der Waals surface area contributed by atoms with Crippen molar-refractivity contribution >= 4 is 34.1 Å². The molecular weight excluding hydrogens is 248 g/mol. The molecule has 0 radical (unpaired) electrons. The molecule has 1 aromatic heterocycles. The van der Waals surface area contributed by atoms with Crippen LogP contribution in [0.5, 0.6) is 0 Å². The number of fused-ring (bicyclic) bond motifs is 4. The molecule has 0 fully saturated rings. The fourth-order valence-electron chi connectivity index (χ4n) is 2.89. The van der Waals surface area contributed by atoms with Crippen molar-refractivity contribution in [3.63, 3.8) is 0 Å². The third kappa shape index (κ3) is 1.17. The summed E-state index contributed by atoms with van der Waals surface area (Å²) >= 11 is 5.99. The molecule has 0 amide bonds. The lowest BCUT2D eigenvalue weighted by Crippen LogP contribution is -2.19. The van der Waals surface area contributed by atoms with Crippen molar-refractivity contribution in [1.82, 2.24) is 9.88 Å². The van der Waals surface area contributed by atoms with Crippen molar-refractivity contribution in [2.24, 2.45) is 0 Å². The number of carbonyl (C=O) groups excluding carboxylic acids is 1. The number of nitrogens with one attached hydrogen (secondary N) is 1. The Balaban J connectivity index is 2.04. The van der Waals surface area contributed by atoms with Crippen molar-refractivity contribution in [1.29, 1.82) is 0 Å². The quantitative estimate of drug-likeness (QED) is 0.788. The van der Waals surface area contributed by atoms with Gasteiger partial charge >= 0.3 is 0 Å². The monoisotopic (exact) mass is 258 g/mol. The van der Waals surface area contributed by atoms with E-state index in [0.717, 1.165) is 47.3 Å². The van der Waals surface area contributed by atoms with Gasteiger partial charge in [-0.15, -0.1) is 0 Å². The molecule has 0 atom stereocenters. The molecule has 2 aromatic rings. The first kappa shape index (κ1) is 10.2. The van der Waals surface area contributed by atoms with Crippen LogP contribution in [0.15, 0.2) is 29.8 Å². The molecule has 3 heterocycles. The van der Waals surface area contributed by atoms with Crippen molar-refractivity contribution in [3.8, 4) is 0 Å². The summed E-state index contributed by atoms with van der Waals surface area (Å²) in [6.45, 7) is 0.939. The molecule has 18 heavy (non-hydrogen) atoms. The first-order valence-corrected chi connectivity index (χ1v) is 6.46. The highest BCUT2D eigenvalue weighted by molar-refractivity contribution is 6.31. The third-order valence-electron chi connectivity index (χ3n) is 3.69. The van der Waals surface area contributed by atoms with Crippen molar-refractivity contribution < 1.29 is 4.79 Å². The summed E-state index contributed by atoms with van der Waals surface area (Å²) in [6, 6.07) is 7.69. The minimum absolute atomic E-state index is 0.115. The van der Waals surface area contributed by atoms with E-state index < -0.39 is 0 Å². The maximum absolute atomic E-state index is 12.4. The van der Waals surface area contributed by atoms with E-state index in [4.69, 9.17) is 11.6 Å². The van der Waals surface area contributed by atoms with Crippen LogP contribution in [0.4, 0.5) is 0 Å². The molecule has 0 aliphatic carbocycles. The van der Waals surface area contributed by atoms with Gasteiger partial charge in [0, 0.05) is 22.5 Å². The zero-order valence-electron chi connectivity index (χ0n) is 9.66. The van der Waals surface area contributed by atoms with Crippen LogP contribution in [-0.4, -0.2) is 17.0 Å². The summed E-state index contributed by atoms with van der Waals surface area (Å²) < 4.78 is 1.80. The SMILES string of the molecule is O=C1C2=C(NCCC2)c2cc3cc(Cl)ccc3n21. The van der Waals surface area contributed by atoms with E-state index >= 15 is 0 Å². The van der Waals surface area contributed by atoms with Gasteiger partial charge < -0.3 is 5.32 Å². The predicted octanol–water partition coefficient (Wildman–Crippen LogP) is 3.04. The second-order valence-corrected chi connectivity index (χ2v) is 5.19. The van der Waals surface area contributed by atoms with E-state index in [2.05, 4.69) is 5.32 Å². The van der Waals surface area contributed by atoms with Gasteiger partial charge in [-0.3, -0.25) is 9.36 Å². The Kier molecular flexibility index (Phi) is 1.92. The van der Waals surface area contributed by atoms with Gasteiger partial charge in [0.1, 0.15) is 0 Å². The van der Waals surface area contributed by atoms with Gasteiger partial charge in [0.25, 0.3) is 5.91 Å². The van der Waals surface area contributed by atoms with Gasteiger partial charge in [0.2, 0.25) is 0 Å².